The van der Waals surface area contributed by atoms with Crippen LogP contribution in [0.5, 0.6) is 0 Å². The van der Waals surface area contributed by atoms with Crippen molar-refractivity contribution in [3.63, 3.8) is 0 Å². The minimum absolute atomic E-state index is 0.00239. The van der Waals surface area contributed by atoms with Crippen LogP contribution in [0.3, 0.4) is 0 Å². The van der Waals surface area contributed by atoms with Crippen molar-refractivity contribution in [2.45, 2.75) is 0 Å². The van der Waals surface area contributed by atoms with E-state index in [1.807, 2.05) is 12.1 Å². The maximum absolute atomic E-state index is 14.4. The number of benzene rings is 4. The van der Waals surface area contributed by atoms with E-state index in [2.05, 4.69) is 14.5 Å². The summed E-state index contributed by atoms with van der Waals surface area (Å²) in [6.45, 7) is 22.5. The first-order valence-electron chi connectivity index (χ1n) is 11.6. The first kappa shape index (κ1) is 26.9. The summed E-state index contributed by atoms with van der Waals surface area (Å²) in [5.41, 5.74) is -0.0887. The van der Waals surface area contributed by atoms with Gasteiger partial charge >= 0.3 is 0 Å². The third-order valence-corrected chi connectivity index (χ3v) is 6.72. The molecule has 0 radical (unpaired) electrons. The molecule has 4 aromatic rings. The van der Waals surface area contributed by atoms with E-state index in [4.69, 9.17) is 19.7 Å². The molecule has 0 saturated carbocycles. The van der Waals surface area contributed by atoms with Crippen LogP contribution in [-0.2, 0) is 0 Å². The zero-order chi connectivity index (χ0) is 30.3. The quantitative estimate of drug-likeness (QED) is 0.125. The second-order valence-corrected chi connectivity index (χ2v) is 8.86. The fourth-order valence-electron chi connectivity index (χ4n) is 4.88. The van der Waals surface area contributed by atoms with E-state index in [1.165, 1.54) is 24.3 Å². The Morgan fingerprint density at radius 1 is 0.571 bits per heavy atom. The summed E-state index contributed by atoms with van der Waals surface area (Å²) in [7, 11) is 0. The number of hydrogen-bond acceptors (Lipinski definition) is 3. The normalized spacial score (nSPS) is 12.0. The Morgan fingerprint density at radius 2 is 1.14 bits per heavy atom. The highest BCUT2D eigenvalue weighted by Crippen LogP contribution is 2.51. The van der Waals surface area contributed by atoms with E-state index in [0.29, 0.717) is 11.1 Å². The smallest absolute Gasteiger partial charge is 0.237 e. The molecular weight excluding hydrogens is 544 g/mol. The maximum atomic E-state index is 14.4. The monoisotopic (exact) mass is 552 g/mol. The number of rotatable bonds is 2. The molecular formula is C32H8F4N6. The van der Waals surface area contributed by atoms with Crippen molar-refractivity contribution in [2.24, 2.45) is 0 Å². The van der Waals surface area contributed by atoms with Gasteiger partial charge in [0, 0.05) is 11.1 Å². The molecule has 0 aliphatic heterocycles. The SMILES string of the molecule is [C-]#[N+]/C(C#N)=C1/c2cc(-c3cc(F)c(F)c(C#N)c3)c(C#N)cc2-c2cc([N+]#[C-])c(-c3cc(F)c(F)c([N+]#[C-])c3)cc21. The molecule has 0 N–H and O–H groups in total. The molecule has 194 valence electrons. The average Bonchev–Trinajstić information content (AvgIpc) is 3.31. The van der Waals surface area contributed by atoms with Gasteiger partial charge in [-0.15, -0.1) is 0 Å². The molecule has 42 heavy (non-hydrogen) atoms. The summed E-state index contributed by atoms with van der Waals surface area (Å²) in [6.07, 6.45) is 0. The molecule has 10 heteroatoms. The predicted molar refractivity (Wildman–Crippen MR) is 143 cm³/mol. The van der Waals surface area contributed by atoms with Crippen molar-refractivity contribution in [3.8, 4) is 51.6 Å². The van der Waals surface area contributed by atoms with Crippen LogP contribution in [0.4, 0.5) is 28.9 Å². The lowest BCUT2D eigenvalue weighted by molar-refractivity contribution is 0.507. The van der Waals surface area contributed by atoms with E-state index in [0.717, 1.165) is 24.3 Å². The molecule has 0 aromatic heterocycles. The molecule has 0 saturated heterocycles. The van der Waals surface area contributed by atoms with E-state index in [9.17, 15) is 33.3 Å². The van der Waals surface area contributed by atoms with Gasteiger partial charge in [0.15, 0.2) is 23.1 Å². The van der Waals surface area contributed by atoms with Gasteiger partial charge in [0.25, 0.3) is 5.70 Å². The van der Waals surface area contributed by atoms with Crippen LogP contribution in [0, 0.1) is 77.0 Å². The molecule has 0 spiro atoms. The molecule has 0 bridgehead atoms. The largest absolute Gasteiger partial charge is 0.270 e. The van der Waals surface area contributed by atoms with E-state index < -0.39 is 34.5 Å². The van der Waals surface area contributed by atoms with Crippen LogP contribution in [0.2, 0.25) is 0 Å². The first-order valence-corrected chi connectivity index (χ1v) is 11.6. The zero-order valence-corrected chi connectivity index (χ0v) is 20.8. The molecule has 1 aliphatic rings. The lowest BCUT2D eigenvalue weighted by Crippen LogP contribution is -1.95. The molecule has 6 nitrogen and oxygen atoms in total. The van der Waals surface area contributed by atoms with Gasteiger partial charge in [-0.05, 0) is 81.4 Å². The van der Waals surface area contributed by atoms with Crippen LogP contribution in [0.15, 0.2) is 54.2 Å². The standard InChI is InChI=1S/C32H8F4N6/c1-40-27-11-22-21-5-17(12-37)19(15-4-18(13-38)31(35)25(33)6-15)9-23(21)30(29(14-39)42-3)24(22)10-20(27)16-7-26(34)32(36)28(8-16)41-2/h4-11H/b30-29-. The van der Waals surface area contributed by atoms with Crippen molar-refractivity contribution in [2.75, 3.05) is 0 Å². The number of allylic oxidation sites excluding steroid dienone is 1. The highest BCUT2D eigenvalue weighted by atomic mass is 19.2. The van der Waals surface area contributed by atoms with Crippen molar-refractivity contribution in [3.05, 3.63) is 134 Å². The molecule has 0 unspecified atom stereocenters. The zero-order valence-electron chi connectivity index (χ0n) is 20.8. The van der Waals surface area contributed by atoms with Crippen LogP contribution in [0.25, 0.3) is 53.5 Å². The average molecular weight is 552 g/mol. The van der Waals surface area contributed by atoms with Gasteiger partial charge in [0.05, 0.1) is 43.0 Å². The van der Waals surface area contributed by atoms with Crippen molar-refractivity contribution >= 4 is 16.9 Å². The molecule has 0 atom stereocenters. The van der Waals surface area contributed by atoms with E-state index >= 15 is 0 Å². The summed E-state index contributed by atoms with van der Waals surface area (Å²) < 4.78 is 56.8. The minimum Gasteiger partial charge on any atom is -0.237 e. The lowest BCUT2D eigenvalue weighted by Gasteiger charge is -2.11. The summed E-state index contributed by atoms with van der Waals surface area (Å²) in [4.78, 5) is 9.82. The van der Waals surface area contributed by atoms with Crippen LogP contribution < -0.4 is 0 Å². The Bertz CT molecular complexity index is 2050. The Hall–Kier alpha value is -6.72. The Labute approximate surface area is 235 Å². The molecule has 0 amide bonds. The minimum atomic E-state index is -1.36. The Balaban J connectivity index is 1.86. The second-order valence-electron chi connectivity index (χ2n) is 8.86. The number of halogens is 4. The summed E-state index contributed by atoms with van der Waals surface area (Å²) >= 11 is 0. The van der Waals surface area contributed by atoms with Crippen molar-refractivity contribution in [1.29, 1.82) is 15.8 Å². The van der Waals surface area contributed by atoms with Gasteiger partial charge < -0.3 is 0 Å². The highest BCUT2D eigenvalue weighted by molar-refractivity contribution is 6.07. The second kappa shape index (κ2) is 10.1. The van der Waals surface area contributed by atoms with Gasteiger partial charge in [-0.1, -0.05) is 6.07 Å². The van der Waals surface area contributed by atoms with Crippen LogP contribution in [0.1, 0.15) is 22.3 Å². The van der Waals surface area contributed by atoms with E-state index in [1.54, 1.807) is 6.07 Å². The molecule has 4 aromatic carbocycles. The summed E-state index contributed by atoms with van der Waals surface area (Å²) in [5, 5.41) is 29.0. The Morgan fingerprint density at radius 3 is 1.71 bits per heavy atom. The van der Waals surface area contributed by atoms with Crippen molar-refractivity contribution in [1.82, 2.24) is 0 Å². The summed E-state index contributed by atoms with van der Waals surface area (Å²) in [5.74, 6) is -5.32. The lowest BCUT2D eigenvalue weighted by atomic mass is 9.92. The van der Waals surface area contributed by atoms with Gasteiger partial charge in [-0.2, -0.15) is 10.5 Å². The predicted octanol–water partition coefficient (Wildman–Crippen LogP) is 8.60. The fraction of sp³-hybridized carbons (Fsp3) is 0. The van der Waals surface area contributed by atoms with Gasteiger partial charge in [-0.25, -0.2) is 37.4 Å². The third-order valence-electron chi connectivity index (χ3n) is 6.72. The first-order chi connectivity index (χ1) is 20.2. The van der Waals surface area contributed by atoms with Crippen LogP contribution >= 0.6 is 0 Å². The van der Waals surface area contributed by atoms with Crippen molar-refractivity contribution < 1.29 is 17.6 Å². The number of fused-ring (bicyclic) bond motifs is 3. The third kappa shape index (κ3) is 3.99. The number of nitrogens with zero attached hydrogens (tertiary/aromatic N) is 6. The van der Waals surface area contributed by atoms with Gasteiger partial charge in [0.1, 0.15) is 11.9 Å². The molecule has 0 fully saturated rings. The topological polar surface area (TPSA) is 84.4 Å². The number of nitriles is 3. The molecule has 0 heterocycles. The van der Waals surface area contributed by atoms with E-state index in [-0.39, 0.29) is 55.9 Å². The fourth-order valence-corrected chi connectivity index (χ4v) is 4.88. The highest BCUT2D eigenvalue weighted by Gasteiger charge is 2.30. The molecule has 5 rings (SSSR count). The molecule has 1 aliphatic carbocycles. The van der Waals surface area contributed by atoms with Gasteiger partial charge in [0.2, 0.25) is 5.69 Å². The summed E-state index contributed by atoms with van der Waals surface area (Å²) in [6, 6.07) is 14.8. The number of hydrogen-bond donors (Lipinski definition) is 0. The van der Waals surface area contributed by atoms with Gasteiger partial charge in [-0.3, -0.25) is 0 Å². The maximum Gasteiger partial charge on any atom is 0.270 e. The van der Waals surface area contributed by atoms with Crippen LogP contribution in [-0.4, -0.2) is 0 Å². The Kier molecular flexibility index (Phi) is 6.47.